The van der Waals surface area contributed by atoms with Crippen molar-refractivity contribution in [3.05, 3.63) is 47.5 Å². The number of aliphatic hydroxyl groups excluding tert-OH is 1. The molecule has 0 unspecified atom stereocenters. The van der Waals surface area contributed by atoms with Crippen LogP contribution in [-0.2, 0) is 11.2 Å². The summed E-state index contributed by atoms with van der Waals surface area (Å²) in [7, 11) is 3.94. The molecule has 1 heterocycles. The van der Waals surface area contributed by atoms with Gasteiger partial charge < -0.3 is 14.9 Å². The summed E-state index contributed by atoms with van der Waals surface area (Å²) in [5.41, 5.74) is 2.56. The molecule has 1 aromatic rings. The van der Waals surface area contributed by atoms with Crippen molar-refractivity contribution >= 4 is 5.91 Å². The van der Waals surface area contributed by atoms with Gasteiger partial charge in [-0.05, 0) is 50.9 Å². The number of likely N-dealkylation sites (N-methyl/N-ethyl adjacent to an activating group) is 1. The zero-order valence-electron chi connectivity index (χ0n) is 14.4. The number of likely N-dealkylation sites (tertiary alicyclic amines) is 1. The van der Waals surface area contributed by atoms with Gasteiger partial charge >= 0.3 is 0 Å². The molecule has 4 heteroatoms. The van der Waals surface area contributed by atoms with E-state index in [0.29, 0.717) is 6.54 Å². The fourth-order valence-electron chi connectivity index (χ4n) is 3.01. The van der Waals surface area contributed by atoms with Crippen molar-refractivity contribution in [3.63, 3.8) is 0 Å². The number of amides is 1. The van der Waals surface area contributed by atoms with Gasteiger partial charge in [-0.15, -0.1) is 0 Å². The Kier molecular flexibility index (Phi) is 6.37. The highest BCUT2D eigenvalue weighted by molar-refractivity contribution is 5.87. The summed E-state index contributed by atoms with van der Waals surface area (Å²) in [5, 5.41) is 10.4. The SMILES string of the molecule is Cc1ccccc1C[C@H]1CCN(C(=O)/C=C/CN(C)C)C[C@H]1O. The fraction of sp³-hybridized carbons (Fsp3) is 0.526. The highest BCUT2D eigenvalue weighted by Crippen LogP contribution is 2.23. The number of hydrogen-bond donors (Lipinski definition) is 1. The quantitative estimate of drug-likeness (QED) is 0.843. The Balaban J connectivity index is 1.88. The molecule has 126 valence electrons. The van der Waals surface area contributed by atoms with Crippen LogP contribution in [0.5, 0.6) is 0 Å². The van der Waals surface area contributed by atoms with E-state index in [0.717, 1.165) is 25.9 Å². The number of hydrogen-bond acceptors (Lipinski definition) is 3. The van der Waals surface area contributed by atoms with Crippen molar-refractivity contribution in [2.24, 2.45) is 5.92 Å². The number of aryl methyl sites for hydroxylation is 1. The minimum Gasteiger partial charge on any atom is -0.391 e. The van der Waals surface area contributed by atoms with Gasteiger partial charge in [0, 0.05) is 25.7 Å². The zero-order valence-corrected chi connectivity index (χ0v) is 14.4. The van der Waals surface area contributed by atoms with Crippen LogP contribution in [0.4, 0.5) is 0 Å². The first kappa shape index (κ1) is 17.7. The lowest BCUT2D eigenvalue weighted by Gasteiger charge is -2.35. The van der Waals surface area contributed by atoms with E-state index in [9.17, 15) is 9.90 Å². The molecule has 1 amide bonds. The molecule has 1 saturated heterocycles. The van der Waals surface area contributed by atoms with Crippen molar-refractivity contribution in [1.29, 1.82) is 0 Å². The van der Waals surface area contributed by atoms with Gasteiger partial charge in [-0.3, -0.25) is 4.79 Å². The third-order valence-electron chi connectivity index (χ3n) is 4.51. The molecular formula is C19H28N2O2. The van der Waals surface area contributed by atoms with E-state index in [4.69, 9.17) is 0 Å². The molecule has 0 aromatic heterocycles. The van der Waals surface area contributed by atoms with Gasteiger partial charge in [0.1, 0.15) is 0 Å². The summed E-state index contributed by atoms with van der Waals surface area (Å²) in [4.78, 5) is 15.9. The van der Waals surface area contributed by atoms with Crippen molar-refractivity contribution in [2.45, 2.75) is 25.9 Å². The van der Waals surface area contributed by atoms with Crippen molar-refractivity contribution in [3.8, 4) is 0 Å². The third kappa shape index (κ3) is 5.19. The minimum absolute atomic E-state index is 0.000224. The van der Waals surface area contributed by atoms with E-state index in [2.05, 4.69) is 19.1 Å². The molecule has 0 bridgehead atoms. The van der Waals surface area contributed by atoms with E-state index >= 15 is 0 Å². The van der Waals surface area contributed by atoms with Crippen molar-refractivity contribution in [1.82, 2.24) is 9.80 Å². The first-order chi connectivity index (χ1) is 11.0. The molecule has 0 saturated carbocycles. The maximum Gasteiger partial charge on any atom is 0.246 e. The van der Waals surface area contributed by atoms with Crippen LogP contribution in [0.25, 0.3) is 0 Å². The molecule has 1 aromatic carbocycles. The summed E-state index contributed by atoms with van der Waals surface area (Å²) in [5.74, 6) is 0.228. The van der Waals surface area contributed by atoms with Crippen LogP contribution in [0, 0.1) is 12.8 Å². The van der Waals surface area contributed by atoms with Crippen LogP contribution in [0.1, 0.15) is 17.5 Å². The molecule has 2 atom stereocenters. The van der Waals surface area contributed by atoms with Gasteiger partial charge in [0.15, 0.2) is 0 Å². The van der Waals surface area contributed by atoms with Crippen LogP contribution < -0.4 is 0 Å². The Hall–Kier alpha value is -1.65. The predicted octanol–water partition coefficient (Wildman–Crippen LogP) is 1.86. The lowest BCUT2D eigenvalue weighted by atomic mass is 9.86. The topological polar surface area (TPSA) is 43.8 Å². The molecule has 0 spiro atoms. The summed E-state index contributed by atoms with van der Waals surface area (Å²) in [6.45, 7) is 4.01. The molecular weight excluding hydrogens is 288 g/mol. The Morgan fingerprint density at radius 3 is 2.78 bits per heavy atom. The molecule has 1 aliphatic heterocycles. The molecule has 1 aliphatic rings. The molecule has 0 radical (unpaired) electrons. The van der Waals surface area contributed by atoms with Crippen molar-refractivity contribution < 1.29 is 9.90 Å². The van der Waals surface area contributed by atoms with Crippen LogP contribution in [-0.4, -0.2) is 60.6 Å². The molecule has 1 N–H and O–H groups in total. The number of aliphatic hydroxyl groups is 1. The predicted molar refractivity (Wildman–Crippen MR) is 93.3 cm³/mol. The number of piperidine rings is 1. The summed E-state index contributed by atoms with van der Waals surface area (Å²) < 4.78 is 0. The highest BCUT2D eigenvalue weighted by atomic mass is 16.3. The van der Waals surface area contributed by atoms with Crippen LogP contribution in [0.2, 0.25) is 0 Å². The summed E-state index contributed by atoms with van der Waals surface area (Å²) >= 11 is 0. The average Bonchev–Trinajstić information content (AvgIpc) is 2.50. The molecule has 23 heavy (non-hydrogen) atoms. The smallest absolute Gasteiger partial charge is 0.246 e. The Bertz CT molecular complexity index is 554. The number of nitrogens with zero attached hydrogens (tertiary/aromatic N) is 2. The Labute approximate surface area is 139 Å². The van der Waals surface area contributed by atoms with Crippen LogP contribution in [0.3, 0.4) is 0 Å². The van der Waals surface area contributed by atoms with Gasteiger partial charge in [-0.1, -0.05) is 30.3 Å². The molecule has 2 rings (SSSR count). The Morgan fingerprint density at radius 2 is 2.13 bits per heavy atom. The average molecular weight is 316 g/mol. The number of rotatable bonds is 5. The van der Waals surface area contributed by atoms with Gasteiger partial charge in [-0.25, -0.2) is 0 Å². The largest absolute Gasteiger partial charge is 0.391 e. The van der Waals surface area contributed by atoms with E-state index in [1.54, 1.807) is 11.0 Å². The normalized spacial score (nSPS) is 22.0. The van der Waals surface area contributed by atoms with E-state index < -0.39 is 6.10 Å². The summed E-state index contributed by atoms with van der Waals surface area (Å²) in [6.07, 6.45) is 4.77. The van der Waals surface area contributed by atoms with E-state index in [1.165, 1.54) is 11.1 Å². The second kappa shape index (κ2) is 8.27. The maximum absolute atomic E-state index is 12.2. The monoisotopic (exact) mass is 316 g/mol. The van der Waals surface area contributed by atoms with Crippen molar-refractivity contribution in [2.75, 3.05) is 33.7 Å². The first-order valence-corrected chi connectivity index (χ1v) is 8.30. The minimum atomic E-state index is -0.449. The molecule has 4 nitrogen and oxygen atoms in total. The third-order valence-corrected chi connectivity index (χ3v) is 4.51. The van der Waals surface area contributed by atoms with E-state index in [-0.39, 0.29) is 11.8 Å². The lowest BCUT2D eigenvalue weighted by Crippen LogP contribution is -2.46. The van der Waals surface area contributed by atoms with Gasteiger partial charge in [-0.2, -0.15) is 0 Å². The number of carbonyl (C=O) groups excluding carboxylic acids is 1. The molecule has 1 fully saturated rings. The zero-order chi connectivity index (χ0) is 16.8. The van der Waals surface area contributed by atoms with Gasteiger partial charge in [0.25, 0.3) is 0 Å². The number of carbonyl (C=O) groups is 1. The fourth-order valence-corrected chi connectivity index (χ4v) is 3.01. The Morgan fingerprint density at radius 1 is 1.39 bits per heavy atom. The number of β-amino-alcohol motifs (C(OH)–C–C–N with tert-alkyl or cyclic N) is 1. The second-order valence-corrected chi connectivity index (χ2v) is 6.70. The maximum atomic E-state index is 12.2. The first-order valence-electron chi connectivity index (χ1n) is 8.30. The lowest BCUT2D eigenvalue weighted by molar-refractivity contribution is -0.130. The number of benzene rings is 1. The van der Waals surface area contributed by atoms with Gasteiger partial charge in [0.05, 0.1) is 6.10 Å². The standard InChI is InChI=1S/C19H28N2O2/c1-15-7-4-5-8-16(15)13-17-10-12-21(14-18(17)22)19(23)9-6-11-20(2)3/h4-9,17-18,22H,10-14H2,1-3H3/b9-6+/t17-,18-/m1/s1. The molecule has 0 aliphatic carbocycles. The summed E-state index contributed by atoms with van der Waals surface area (Å²) in [6, 6.07) is 8.32. The van der Waals surface area contributed by atoms with Crippen LogP contribution >= 0.6 is 0 Å². The van der Waals surface area contributed by atoms with Crippen LogP contribution in [0.15, 0.2) is 36.4 Å². The second-order valence-electron chi connectivity index (χ2n) is 6.70. The highest BCUT2D eigenvalue weighted by Gasteiger charge is 2.29. The van der Waals surface area contributed by atoms with E-state index in [1.807, 2.05) is 37.2 Å². The van der Waals surface area contributed by atoms with Gasteiger partial charge in [0.2, 0.25) is 5.91 Å².